The Morgan fingerprint density at radius 3 is 2.15 bits per heavy atom. The van der Waals surface area contributed by atoms with Gasteiger partial charge in [0, 0.05) is 61.9 Å². The number of esters is 1. The van der Waals surface area contributed by atoms with Gasteiger partial charge in [-0.3, -0.25) is 0 Å². The quantitative estimate of drug-likeness (QED) is 0.448. The van der Waals surface area contributed by atoms with Crippen molar-refractivity contribution in [2.45, 2.75) is 12.5 Å². The Labute approximate surface area is 196 Å². The van der Waals surface area contributed by atoms with Crippen molar-refractivity contribution in [3.8, 4) is 12.3 Å². The summed E-state index contributed by atoms with van der Waals surface area (Å²) in [6, 6.07) is 20.2. The molecule has 0 spiro atoms. The highest BCUT2D eigenvalue weighted by Gasteiger charge is 2.49. The summed E-state index contributed by atoms with van der Waals surface area (Å²) >= 11 is 0. The number of hydrogen-bond donors (Lipinski definition) is 1. The third kappa shape index (κ3) is 3.78. The van der Waals surface area contributed by atoms with E-state index in [0.29, 0.717) is 12.1 Å². The fourth-order valence-corrected chi connectivity index (χ4v) is 4.42. The lowest BCUT2D eigenvalue weighted by Crippen LogP contribution is -2.30. The Hall–Kier alpha value is -3.91. The van der Waals surface area contributed by atoms with Gasteiger partial charge in [-0.15, -0.1) is 6.42 Å². The first-order chi connectivity index (χ1) is 15.8. The predicted octanol–water partition coefficient (Wildman–Crippen LogP) is 4.63. The van der Waals surface area contributed by atoms with Crippen molar-refractivity contribution >= 4 is 23.0 Å². The molecule has 0 aromatic heterocycles. The molecule has 33 heavy (non-hydrogen) atoms. The van der Waals surface area contributed by atoms with Crippen molar-refractivity contribution in [1.29, 1.82) is 0 Å². The van der Waals surface area contributed by atoms with Crippen molar-refractivity contribution in [2.24, 2.45) is 0 Å². The summed E-state index contributed by atoms with van der Waals surface area (Å²) in [5.41, 5.74) is 6.21. The van der Waals surface area contributed by atoms with E-state index in [1.54, 1.807) is 0 Å². The van der Waals surface area contributed by atoms with Gasteiger partial charge in [0.15, 0.2) is 5.60 Å². The molecule has 0 fully saturated rings. The van der Waals surface area contributed by atoms with E-state index in [9.17, 15) is 4.79 Å². The third-order valence-electron chi connectivity index (χ3n) is 6.16. The van der Waals surface area contributed by atoms with E-state index in [2.05, 4.69) is 23.4 Å². The summed E-state index contributed by atoms with van der Waals surface area (Å²) in [5.74, 6) is 2.28. The number of carbonyl (C=O) groups is 1. The molecule has 1 aliphatic rings. The summed E-state index contributed by atoms with van der Waals surface area (Å²) in [6.07, 6.45) is 5.40. The molecular formula is C28H29N3O2. The molecule has 0 saturated carbocycles. The molecule has 1 aliphatic heterocycles. The second-order valence-electron chi connectivity index (χ2n) is 8.72. The van der Waals surface area contributed by atoms with E-state index in [1.165, 1.54) is 0 Å². The number of cyclic esters (lactones) is 1. The Kier molecular flexibility index (Phi) is 5.78. The zero-order valence-corrected chi connectivity index (χ0v) is 19.8. The Morgan fingerprint density at radius 1 is 0.909 bits per heavy atom. The lowest BCUT2D eigenvalue weighted by atomic mass is 9.78. The molecule has 0 radical (unpaired) electrons. The lowest BCUT2D eigenvalue weighted by molar-refractivity contribution is 0.0250. The largest absolute Gasteiger partial charge is 0.441 e. The van der Waals surface area contributed by atoms with Crippen LogP contribution < -0.4 is 15.1 Å². The van der Waals surface area contributed by atoms with Crippen LogP contribution in [0.25, 0.3) is 0 Å². The smallest absolute Gasteiger partial charge is 0.340 e. The number of nitrogens with one attached hydrogen (secondary N) is 1. The van der Waals surface area contributed by atoms with Crippen LogP contribution in [-0.4, -0.2) is 40.7 Å². The number of fused-ring (bicyclic) bond motifs is 1. The first-order valence-corrected chi connectivity index (χ1v) is 10.9. The molecule has 5 nitrogen and oxygen atoms in total. The van der Waals surface area contributed by atoms with Crippen LogP contribution in [0.5, 0.6) is 0 Å². The van der Waals surface area contributed by atoms with Gasteiger partial charge in [-0.2, -0.15) is 0 Å². The zero-order valence-electron chi connectivity index (χ0n) is 19.8. The molecule has 4 rings (SSSR count). The molecule has 0 aliphatic carbocycles. The van der Waals surface area contributed by atoms with Crippen molar-refractivity contribution in [3.63, 3.8) is 0 Å². The van der Waals surface area contributed by atoms with Gasteiger partial charge in [0.25, 0.3) is 0 Å². The molecule has 1 heterocycles. The Bertz CT molecular complexity index is 1240. The lowest BCUT2D eigenvalue weighted by Gasteiger charge is -2.32. The number of carbonyl (C=O) groups excluding carboxylic acids is 1. The molecular weight excluding hydrogens is 410 g/mol. The van der Waals surface area contributed by atoms with E-state index in [0.717, 1.165) is 39.3 Å². The van der Waals surface area contributed by atoms with E-state index in [-0.39, 0.29) is 5.97 Å². The topological polar surface area (TPSA) is 44.8 Å². The second kappa shape index (κ2) is 8.55. The van der Waals surface area contributed by atoms with Crippen LogP contribution in [-0.2, 0) is 10.3 Å². The van der Waals surface area contributed by atoms with Crippen LogP contribution >= 0.6 is 0 Å². The number of nitrogens with zero attached hydrogens (tertiary/aromatic N) is 2. The van der Waals surface area contributed by atoms with Gasteiger partial charge in [0.1, 0.15) is 0 Å². The number of hydrogen-bond acceptors (Lipinski definition) is 5. The SMILES string of the molecule is C#CCNc1ccc(C2(c3ccc(N(C)C)cc3)OC(=O)c3cc(N(C)C)ccc32)c(C)c1. The molecule has 168 valence electrons. The summed E-state index contributed by atoms with van der Waals surface area (Å²) in [6.45, 7) is 2.48. The van der Waals surface area contributed by atoms with E-state index in [4.69, 9.17) is 11.2 Å². The minimum atomic E-state index is -1.03. The number of rotatable bonds is 6. The first-order valence-electron chi connectivity index (χ1n) is 10.9. The van der Waals surface area contributed by atoms with Crippen LogP contribution in [0, 0.1) is 19.3 Å². The van der Waals surface area contributed by atoms with Crippen LogP contribution in [0.15, 0.2) is 60.7 Å². The minimum absolute atomic E-state index is 0.320. The van der Waals surface area contributed by atoms with E-state index < -0.39 is 5.60 Å². The summed E-state index contributed by atoms with van der Waals surface area (Å²) in [5, 5.41) is 3.22. The molecule has 1 unspecified atom stereocenters. The van der Waals surface area contributed by atoms with Gasteiger partial charge < -0.3 is 19.9 Å². The highest BCUT2D eigenvalue weighted by atomic mass is 16.6. The van der Waals surface area contributed by atoms with Gasteiger partial charge in [0.05, 0.1) is 12.1 Å². The third-order valence-corrected chi connectivity index (χ3v) is 6.16. The zero-order chi connectivity index (χ0) is 23.8. The van der Waals surface area contributed by atoms with Gasteiger partial charge in [-0.1, -0.05) is 30.2 Å². The summed E-state index contributed by atoms with van der Waals surface area (Å²) in [7, 11) is 7.93. The Balaban J connectivity index is 1.95. The number of ether oxygens (including phenoxy) is 1. The highest BCUT2D eigenvalue weighted by Crippen LogP contribution is 2.49. The molecule has 0 bridgehead atoms. The van der Waals surface area contributed by atoms with Crippen LogP contribution in [0.2, 0.25) is 0 Å². The molecule has 3 aromatic rings. The summed E-state index contributed by atoms with van der Waals surface area (Å²) in [4.78, 5) is 17.2. The maximum atomic E-state index is 13.2. The number of aryl methyl sites for hydroxylation is 1. The monoisotopic (exact) mass is 439 g/mol. The average molecular weight is 440 g/mol. The van der Waals surface area contributed by atoms with Gasteiger partial charge in [-0.05, 0) is 48.9 Å². The molecule has 0 amide bonds. The van der Waals surface area contributed by atoms with Gasteiger partial charge >= 0.3 is 5.97 Å². The maximum absolute atomic E-state index is 13.2. The number of benzene rings is 3. The predicted molar refractivity (Wildman–Crippen MR) is 135 cm³/mol. The van der Waals surface area contributed by atoms with E-state index >= 15 is 0 Å². The standard InChI is InChI=1S/C28H29N3O2/c1-7-16-29-21-10-14-25(19(2)17-21)28(20-8-11-22(12-9-20)30(3)4)26-15-13-23(31(5)6)18-24(26)27(32)33-28/h1,8-15,17-18,29H,16H2,2-6H3. The Morgan fingerprint density at radius 2 is 1.55 bits per heavy atom. The normalized spacial score (nSPS) is 16.5. The highest BCUT2D eigenvalue weighted by molar-refractivity contribution is 5.97. The fourth-order valence-electron chi connectivity index (χ4n) is 4.42. The van der Waals surface area contributed by atoms with Crippen LogP contribution in [0.4, 0.5) is 17.1 Å². The molecule has 1 atom stereocenters. The fraction of sp³-hybridized carbons (Fsp3) is 0.250. The average Bonchev–Trinajstić information content (AvgIpc) is 3.10. The van der Waals surface area contributed by atoms with E-state index in [1.807, 2.05) is 93.4 Å². The van der Waals surface area contributed by atoms with Crippen molar-refractivity contribution in [3.05, 3.63) is 88.5 Å². The van der Waals surface area contributed by atoms with Gasteiger partial charge in [-0.25, -0.2) is 4.79 Å². The van der Waals surface area contributed by atoms with Crippen molar-refractivity contribution in [1.82, 2.24) is 0 Å². The molecule has 3 aromatic carbocycles. The molecule has 1 N–H and O–H groups in total. The maximum Gasteiger partial charge on any atom is 0.340 e. The molecule has 0 saturated heterocycles. The van der Waals surface area contributed by atoms with Crippen molar-refractivity contribution in [2.75, 3.05) is 49.9 Å². The minimum Gasteiger partial charge on any atom is -0.441 e. The van der Waals surface area contributed by atoms with Crippen molar-refractivity contribution < 1.29 is 9.53 Å². The first kappa shape index (κ1) is 22.3. The number of anilines is 3. The summed E-state index contributed by atoms with van der Waals surface area (Å²) < 4.78 is 6.30. The number of terminal acetylenes is 1. The molecule has 5 heteroatoms. The second-order valence-corrected chi connectivity index (χ2v) is 8.72. The van der Waals surface area contributed by atoms with Crippen LogP contribution in [0.1, 0.15) is 32.6 Å². The van der Waals surface area contributed by atoms with Crippen LogP contribution in [0.3, 0.4) is 0 Å². The van der Waals surface area contributed by atoms with Gasteiger partial charge in [0.2, 0.25) is 0 Å².